The van der Waals surface area contributed by atoms with Crippen molar-refractivity contribution >= 4 is 19.7 Å². The summed E-state index contributed by atoms with van der Waals surface area (Å²) in [6, 6.07) is 0.546. The standard InChI is InChI=1S/C7H14N2Se/c1-3-4-6-5(2)10-7(8)9-6/h5-6H,3-4H2,1-2H3,(H2,8,9)/t5-,6+/m0/s1. The van der Waals surface area contributed by atoms with E-state index in [1.54, 1.807) is 0 Å². The molecule has 2 nitrogen and oxygen atoms in total. The molecule has 10 heavy (non-hydrogen) atoms. The van der Waals surface area contributed by atoms with Crippen molar-refractivity contribution in [2.24, 2.45) is 10.7 Å². The average Bonchev–Trinajstić information content (AvgIpc) is 2.13. The molecule has 1 rings (SSSR count). The normalized spacial score (nSPS) is 32.4. The van der Waals surface area contributed by atoms with Gasteiger partial charge in [0.2, 0.25) is 0 Å². The fourth-order valence-corrected chi connectivity index (χ4v) is 3.12. The van der Waals surface area contributed by atoms with Crippen molar-refractivity contribution in [3.8, 4) is 0 Å². The maximum atomic E-state index is 5.62. The second-order valence-corrected chi connectivity index (χ2v) is 5.58. The molecule has 1 heterocycles. The van der Waals surface area contributed by atoms with Gasteiger partial charge >= 0.3 is 68.0 Å². The van der Waals surface area contributed by atoms with E-state index in [-0.39, 0.29) is 0 Å². The summed E-state index contributed by atoms with van der Waals surface area (Å²) in [5, 5.41) is 0. The molecule has 0 unspecified atom stereocenters. The van der Waals surface area contributed by atoms with Crippen LogP contribution in [0.25, 0.3) is 0 Å². The van der Waals surface area contributed by atoms with E-state index in [1.807, 2.05) is 0 Å². The summed E-state index contributed by atoms with van der Waals surface area (Å²) >= 11 is 0.486. The first-order valence-electron chi connectivity index (χ1n) is 3.74. The maximum absolute atomic E-state index is 5.62. The Hall–Kier alpha value is -0.0105. The molecule has 0 bridgehead atoms. The number of rotatable bonds is 2. The van der Waals surface area contributed by atoms with E-state index in [4.69, 9.17) is 5.73 Å². The van der Waals surface area contributed by atoms with E-state index in [0.29, 0.717) is 21.0 Å². The number of nitrogens with zero attached hydrogens (tertiary/aromatic N) is 1. The monoisotopic (exact) mass is 206 g/mol. The van der Waals surface area contributed by atoms with Gasteiger partial charge in [0, 0.05) is 0 Å². The summed E-state index contributed by atoms with van der Waals surface area (Å²) in [5.74, 6) is 0. The molecule has 0 aromatic rings. The minimum absolute atomic E-state index is 0.486. The van der Waals surface area contributed by atoms with Gasteiger partial charge in [-0.15, -0.1) is 0 Å². The van der Waals surface area contributed by atoms with Crippen molar-refractivity contribution in [3.63, 3.8) is 0 Å². The van der Waals surface area contributed by atoms with Crippen LogP contribution in [0.1, 0.15) is 26.7 Å². The fourth-order valence-electron chi connectivity index (χ4n) is 1.16. The Labute approximate surface area is 68.4 Å². The number of nitrogens with two attached hydrogens (primary N) is 1. The van der Waals surface area contributed by atoms with Gasteiger partial charge in [-0.05, 0) is 0 Å². The van der Waals surface area contributed by atoms with Crippen LogP contribution in [0, 0.1) is 0 Å². The van der Waals surface area contributed by atoms with E-state index in [0.717, 1.165) is 9.55 Å². The van der Waals surface area contributed by atoms with Crippen LogP contribution in [-0.4, -0.2) is 25.7 Å². The van der Waals surface area contributed by atoms with Crippen molar-refractivity contribution in [3.05, 3.63) is 0 Å². The van der Waals surface area contributed by atoms with E-state index in [2.05, 4.69) is 18.8 Å². The Bertz CT molecular complexity index is 145. The molecule has 58 valence electrons. The summed E-state index contributed by atoms with van der Waals surface area (Å²) in [6.07, 6.45) is 2.44. The van der Waals surface area contributed by atoms with Gasteiger partial charge in [0.15, 0.2) is 0 Å². The molecule has 0 saturated heterocycles. The van der Waals surface area contributed by atoms with Crippen molar-refractivity contribution < 1.29 is 0 Å². The van der Waals surface area contributed by atoms with Crippen molar-refractivity contribution in [2.45, 2.75) is 37.5 Å². The number of hydrogen-bond acceptors (Lipinski definition) is 2. The average molecular weight is 205 g/mol. The van der Waals surface area contributed by atoms with Gasteiger partial charge in [-0.25, -0.2) is 0 Å². The van der Waals surface area contributed by atoms with Crippen molar-refractivity contribution in [1.82, 2.24) is 0 Å². The summed E-state index contributed by atoms with van der Waals surface area (Å²) in [5.41, 5.74) is 5.62. The van der Waals surface area contributed by atoms with E-state index < -0.39 is 0 Å². The van der Waals surface area contributed by atoms with Crippen LogP contribution in [0.4, 0.5) is 0 Å². The third-order valence-corrected chi connectivity index (χ3v) is 3.89. The van der Waals surface area contributed by atoms with Gasteiger partial charge in [-0.3, -0.25) is 0 Å². The summed E-state index contributed by atoms with van der Waals surface area (Å²) in [6.45, 7) is 4.45. The molecule has 3 heteroatoms. The minimum atomic E-state index is 0.486. The van der Waals surface area contributed by atoms with Crippen LogP contribution in [-0.2, 0) is 0 Å². The molecule has 0 aliphatic carbocycles. The zero-order valence-electron chi connectivity index (χ0n) is 6.50. The molecule has 0 fully saturated rings. The van der Waals surface area contributed by atoms with E-state index in [1.165, 1.54) is 12.8 Å². The molecule has 2 atom stereocenters. The molecular weight excluding hydrogens is 191 g/mol. The van der Waals surface area contributed by atoms with Crippen LogP contribution >= 0.6 is 0 Å². The predicted octanol–water partition coefficient (Wildman–Crippen LogP) is 0.996. The number of amidine groups is 1. The molecule has 0 aromatic heterocycles. The first kappa shape index (κ1) is 8.09. The summed E-state index contributed by atoms with van der Waals surface area (Å²) < 4.78 is 0.915. The van der Waals surface area contributed by atoms with Crippen molar-refractivity contribution in [2.75, 3.05) is 0 Å². The van der Waals surface area contributed by atoms with Gasteiger partial charge in [0.1, 0.15) is 0 Å². The first-order valence-corrected chi connectivity index (χ1v) is 5.58. The van der Waals surface area contributed by atoms with Gasteiger partial charge in [-0.2, -0.15) is 0 Å². The Balaban J connectivity index is 2.44. The predicted molar refractivity (Wildman–Crippen MR) is 45.5 cm³/mol. The molecule has 2 N–H and O–H groups in total. The SMILES string of the molecule is CCC[C@H]1N=C(N)[Se][C@H]1C. The molecule has 0 aromatic carbocycles. The Kier molecular flexibility index (Phi) is 2.75. The van der Waals surface area contributed by atoms with Crippen LogP contribution in [0.15, 0.2) is 4.99 Å². The van der Waals surface area contributed by atoms with Crippen LogP contribution in [0.5, 0.6) is 0 Å². The van der Waals surface area contributed by atoms with Gasteiger partial charge < -0.3 is 0 Å². The molecule has 0 saturated carbocycles. The van der Waals surface area contributed by atoms with E-state index in [9.17, 15) is 0 Å². The molecular formula is C7H14N2Se. The fraction of sp³-hybridized carbons (Fsp3) is 0.857. The van der Waals surface area contributed by atoms with Crippen LogP contribution in [0.3, 0.4) is 0 Å². The Morgan fingerprint density at radius 1 is 1.70 bits per heavy atom. The van der Waals surface area contributed by atoms with Gasteiger partial charge in [0.25, 0.3) is 0 Å². The topological polar surface area (TPSA) is 38.4 Å². The molecule has 0 amide bonds. The third-order valence-electron chi connectivity index (χ3n) is 1.73. The zero-order valence-corrected chi connectivity index (χ0v) is 8.21. The molecule has 0 spiro atoms. The zero-order chi connectivity index (χ0) is 7.56. The second-order valence-electron chi connectivity index (χ2n) is 2.65. The Morgan fingerprint density at radius 3 is 2.80 bits per heavy atom. The Morgan fingerprint density at radius 2 is 2.40 bits per heavy atom. The molecule has 0 radical (unpaired) electrons. The van der Waals surface area contributed by atoms with Gasteiger partial charge in [0.05, 0.1) is 0 Å². The summed E-state index contributed by atoms with van der Waals surface area (Å²) in [7, 11) is 0. The van der Waals surface area contributed by atoms with Crippen LogP contribution < -0.4 is 5.73 Å². The molecule has 1 aliphatic heterocycles. The third kappa shape index (κ3) is 1.74. The summed E-state index contributed by atoms with van der Waals surface area (Å²) in [4.78, 5) is 5.12. The van der Waals surface area contributed by atoms with E-state index >= 15 is 0 Å². The van der Waals surface area contributed by atoms with Gasteiger partial charge in [-0.1, -0.05) is 0 Å². The number of aliphatic imine (C=N–C) groups is 1. The second kappa shape index (κ2) is 3.40. The first-order chi connectivity index (χ1) is 4.74. The van der Waals surface area contributed by atoms with Crippen molar-refractivity contribution in [1.29, 1.82) is 0 Å². The van der Waals surface area contributed by atoms with Crippen LogP contribution in [0.2, 0.25) is 4.82 Å². The number of hydrogen-bond donors (Lipinski definition) is 1. The quantitative estimate of drug-likeness (QED) is 0.671. The molecule has 1 aliphatic rings.